The third-order valence-electron chi connectivity index (χ3n) is 2.70. The highest BCUT2D eigenvalue weighted by atomic mass is 16.2. The molecule has 1 atom stereocenters. The van der Waals surface area contributed by atoms with Crippen LogP contribution in [0.15, 0.2) is 12.4 Å². The average Bonchev–Trinajstić information content (AvgIpc) is 2.74. The Balaban J connectivity index is 1.86. The largest absolute Gasteiger partial charge is 0.339 e. The SMILES string of the molecule is Cc1cnn(CCN2CCC(N)C2=O)c1. The number of aryl methyl sites for hydroxylation is 1. The molecule has 5 heteroatoms. The van der Waals surface area contributed by atoms with Crippen molar-refractivity contribution in [2.45, 2.75) is 25.9 Å². The molecule has 1 aliphatic rings. The number of hydrogen-bond donors (Lipinski definition) is 1. The van der Waals surface area contributed by atoms with Crippen molar-refractivity contribution in [1.82, 2.24) is 14.7 Å². The van der Waals surface area contributed by atoms with E-state index in [-0.39, 0.29) is 11.9 Å². The van der Waals surface area contributed by atoms with Gasteiger partial charge in [0, 0.05) is 19.3 Å². The molecule has 2 rings (SSSR count). The summed E-state index contributed by atoms with van der Waals surface area (Å²) in [5.41, 5.74) is 6.77. The van der Waals surface area contributed by atoms with Crippen LogP contribution >= 0.6 is 0 Å². The lowest BCUT2D eigenvalue weighted by atomic mass is 10.3. The van der Waals surface area contributed by atoms with E-state index >= 15 is 0 Å². The Bertz CT molecular complexity index is 360. The van der Waals surface area contributed by atoms with Gasteiger partial charge in [0.1, 0.15) is 0 Å². The molecular formula is C10H16N4O. The quantitative estimate of drug-likeness (QED) is 0.745. The Morgan fingerprint density at radius 1 is 1.60 bits per heavy atom. The van der Waals surface area contributed by atoms with Crippen molar-refractivity contribution >= 4 is 5.91 Å². The summed E-state index contributed by atoms with van der Waals surface area (Å²) in [6, 6.07) is -0.288. The van der Waals surface area contributed by atoms with Gasteiger partial charge in [0.05, 0.1) is 18.8 Å². The van der Waals surface area contributed by atoms with Gasteiger partial charge in [0.2, 0.25) is 5.91 Å². The van der Waals surface area contributed by atoms with E-state index in [1.54, 1.807) is 0 Å². The standard InChI is InChI=1S/C10H16N4O/c1-8-6-12-14(7-8)5-4-13-3-2-9(11)10(13)15/h6-7,9H,2-5,11H2,1H3. The Hall–Kier alpha value is -1.36. The van der Waals surface area contributed by atoms with Crippen LogP contribution in [0.5, 0.6) is 0 Å². The predicted octanol–water partition coefficient (Wildman–Crippen LogP) is -0.249. The van der Waals surface area contributed by atoms with Gasteiger partial charge in [-0.05, 0) is 18.9 Å². The second-order valence-corrected chi connectivity index (χ2v) is 4.00. The molecule has 1 aromatic rings. The molecule has 1 unspecified atom stereocenters. The maximum atomic E-state index is 11.5. The van der Waals surface area contributed by atoms with Crippen molar-refractivity contribution in [3.05, 3.63) is 18.0 Å². The molecule has 82 valence electrons. The molecule has 0 spiro atoms. The number of likely N-dealkylation sites (tertiary alicyclic amines) is 1. The van der Waals surface area contributed by atoms with E-state index < -0.39 is 0 Å². The highest BCUT2D eigenvalue weighted by molar-refractivity contribution is 5.83. The molecule has 1 amide bonds. The number of hydrogen-bond acceptors (Lipinski definition) is 3. The van der Waals surface area contributed by atoms with Crippen LogP contribution < -0.4 is 5.73 Å². The Morgan fingerprint density at radius 3 is 2.93 bits per heavy atom. The first-order valence-electron chi connectivity index (χ1n) is 5.20. The molecular weight excluding hydrogens is 192 g/mol. The molecule has 1 saturated heterocycles. The predicted molar refractivity (Wildman–Crippen MR) is 56.1 cm³/mol. The van der Waals surface area contributed by atoms with Crippen molar-refractivity contribution < 1.29 is 4.79 Å². The zero-order valence-corrected chi connectivity index (χ0v) is 8.89. The smallest absolute Gasteiger partial charge is 0.239 e. The van der Waals surface area contributed by atoms with Gasteiger partial charge in [-0.3, -0.25) is 9.48 Å². The Labute approximate surface area is 88.8 Å². The number of nitrogens with two attached hydrogens (primary N) is 1. The maximum absolute atomic E-state index is 11.5. The third-order valence-corrected chi connectivity index (χ3v) is 2.70. The molecule has 0 aliphatic carbocycles. The summed E-state index contributed by atoms with van der Waals surface area (Å²) in [4.78, 5) is 13.3. The van der Waals surface area contributed by atoms with Crippen molar-refractivity contribution in [1.29, 1.82) is 0 Å². The zero-order valence-electron chi connectivity index (χ0n) is 8.89. The number of rotatable bonds is 3. The summed E-state index contributed by atoms with van der Waals surface area (Å²) >= 11 is 0. The van der Waals surface area contributed by atoms with E-state index in [0.717, 1.165) is 25.1 Å². The fourth-order valence-electron chi connectivity index (χ4n) is 1.80. The van der Waals surface area contributed by atoms with Crippen LogP contribution in [-0.2, 0) is 11.3 Å². The van der Waals surface area contributed by atoms with Gasteiger partial charge in [0.25, 0.3) is 0 Å². The van der Waals surface area contributed by atoms with Crippen LogP contribution in [0.4, 0.5) is 0 Å². The van der Waals surface area contributed by atoms with E-state index in [0.29, 0.717) is 6.54 Å². The number of nitrogens with zero attached hydrogens (tertiary/aromatic N) is 3. The van der Waals surface area contributed by atoms with E-state index in [1.165, 1.54) is 0 Å². The number of carbonyl (C=O) groups excluding carboxylic acids is 1. The fraction of sp³-hybridized carbons (Fsp3) is 0.600. The van der Waals surface area contributed by atoms with E-state index in [2.05, 4.69) is 5.10 Å². The molecule has 5 nitrogen and oxygen atoms in total. The van der Waals surface area contributed by atoms with E-state index in [4.69, 9.17) is 5.73 Å². The summed E-state index contributed by atoms with van der Waals surface area (Å²) in [7, 11) is 0. The van der Waals surface area contributed by atoms with Crippen LogP contribution in [0.3, 0.4) is 0 Å². The molecule has 1 fully saturated rings. The van der Waals surface area contributed by atoms with Gasteiger partial charge in [-0.1, -0.05) is 0 Å². The van der Waals surface area contributed by atoms with Crippen molar-refractivity contribution in [2.24, 2.45) is 5.73 Å². The van der Waals surface area contributed by atoms with Crippen molar-refractivity contribution in [3.8, 4) is 0 Å². The number of carbonyl (C=O) groups is 1. The second-order valence-electron chi connectivity index (χ2n) is 4.00. The first-order chi connectivity index (χ1) is 7.16. The lowest BCUT2D eigenvalue weighted by Gasteiger charge is -2.15. The van der Waals surface area contributed by atoms with Crippen molar-refractivity contribution in [2.75, 3.05) is 13.1 Å². The van der Waals surface area contributed by atoms with Gasteiger partial charge in [-0.25, -0.2) is 0 Å². The maximum Gasteiger partial charge on any atom is 0.239 e. The van der Waals surface area contributed by atoms with Gasteiger partial charge in [0.15, 0.2) is 0 Å². The molecule has 2 heterocycles. The van der Waals surface area contributed by atoms with Crippen LogP contribution in [-0.4, -0.2) is 39.7 Å². The summed E-state index contributed by atoms with van der Waals surface area (Å²) in [6.07, 6.45) is 4.56. The minimum atomic E-state index is -0.288. The molecule has 15 heavy (non-hydrogen) atoms. The van der Waals surface area contributed by atoms with Crippen molar-refractivity contribution in [3.63, 3.8) is 0 Å². The molecule has 1 aromatic heterocycles. The minimum Gasteiger partial charge on any atom is -0.339 e. The van der Waals surface area contributed by atoms with Crippen LogP contribution in [0.1, 0.15) is 12.0 Å². The van der Waals surface area contributed by atoms with Gasteiger partial charge in [-0.15, -0.1) is 0 Å². The Morgan fingerprint density at radius 2 is 2.40 bits per heavy atom. The Kier molecular flexibility index (Phi) is 2.73. The highest BCUT2D eigenvalue weighted by Gasteiger charge is 2.27. The summed E-state index contributed by atoms with van der Waals surface area (Å²) in [5.74, 6) is 0.0684. The van der Waals surface area contributed by atoms with Gasteiger partial charge in [-0.2, -0.15) is 5.10 Å². The molecule has 0 aromatic carbocycles. The summed E-state index contributed by atoms with van der Waals surface area (Å²) in [6.45, 7) is 4.22. The summed E-state index contributed by atoms with van der Waals surface area (Å²) in [5, 5.41) is 4.17. The van der Waals surface area contributed by atoms with Gasteiger partial charge < -0.3 is 10.6 Å². The lowest BCUT2D eigenvalue weighted by molar-refractivity contribution is -0.128. The average molecular weight is 208 g/mol. The minimum absolute atomic E-state index is 0.0684. The van der Waals surface area contributed by atoms with E-state index in [1.807, 2.05) is 28.9 Å². The van der Waals surface area contributed by atoms with Crippen LogP contribution in [0.25, 0.3) is 0 Å². The first-order valence-corrected chi connectivity index (χ1v) is 5.20. The molecule has 0 bridgehead atoms. The van der Waals surface area contributed by atoms with Crippen LogP contribution in [0.2, 0.25) is 0 Å². The lowest BCUT2D eigenvalue weighted by Crippen LogP contribution is -2.35. The summed E-state index contributed by atoms with van der Waals surface area (Å²) < 4.78 is 1.85. The number of aromatic nitrogens is 2. The molecule has 1 aliphatic heterocycles. The van der Waals surface area contributed by atoms with Gasteiger partial charge >= 0.3 is 0 Å². The van der Waals surface area contributed by atoms with Crippen LogP contribution in [0, 0.1) is 6.92 Å². The topological polar surface area (TPSA) is 64.2 Å². The first kappa shape index (κ1) is 10.2. The highest BCUT2D eigenvalue weighted by Crippen LogP contribution is 2.08. The molecule has 0 radical (unpaired) electrons. The fourth-order valence-corrected chi connectivity index (χ4v) is 1.80. The third kappa shape index (κ3) is 2.18. The monoisotopic (exact) mass is 208 g/mol. The number of amides is 1. The zero-order chi connectivity index (χ0) is 10.8. The molecule has 2 N–H and O–H groups in total. The second kappa shape index (κ2) is 4.02. The molecule has 0 saturated carbocycles. The normalized spacial score (nSPS) is 21.3. The van der Waals surface area contributed by atoms with E-state index in [9.17, 15) is 4.79 Å².